The van der Waals surface area contributed by atoms with Crippen molar-refractivity contribution < 1.29 is 4.92 Å². The Morgan fingerprint density at radius 2 is 1.58 bits per heavy atom. The van der Waals surface area contributed by atoms with Gasteiger partial charge in [-0.05, 0) is 47.5 Å². The number of non-ortho nitro benzene ring substituents is 1. The maximum atomic E-state index is 11.7. The van der Waals surface area contributed by atoms with Crippen molar-refractivity contribution in [2.75, 3.05) is 0 Å². The lowest BCUT2D eigenvalue weighted by Crippen LogP contribution is -2.20. The predicted octanol–water partition coefficient (Wildman–Crippen LogP) is 6.33. The summed E-state index contributed by atoms with van der Waals surface area (Å²) in [6.45, 7) is 4.09. The summed E-state index contributed by atoms with van der Waals surface area (Å²) in [7, 11) is 0. The van der Waals surface area contributed by atoms with Gasteiger partial charge in [-0.25, -0.2) is 4.98 Å². The highest BCUT2D eigenvalue weighted by Gasteiger charge is 2.28. The number of aromatic nitrogens is 2. The molecule has 5 nitrogen and oxygen atoms in total. The minimum Gasteiger partial charge on any atom is -0.258 e. The van der Waals surface area contributed by atoms with Crippen molar-refractivity contribution in [1.29, 1.82) is 0 Å². The van der Waals surface area contributed by atoms with Crippen LogP contribution in [0.2, 0.25) is 0 Å². The van der Waals surface area contributed by atoms with Crippen LogP contribution in [-0.2, 0) is 5.41 Å². The molecule has 0 bridgehead atoms. The molecular formula is C25H21N3O2S. The Kier molecular flexibility index (Phi) is 5.57. The Balaban J connectivity index is 1.86. The lowest BCUT2D eigenvalue weighted by molar-refractivity contribution is -0.384. The Morgan fingerprint density at radius 3 is 2.29 bits per heavy atom. The van der Waals surface area contributed by atoms with Crippen molar-refractivity contribution in [3.63, 3.8) is 0 Å². The van der Waals surface area contributed by atoms with Gasteiger partial charge in [-0.1, -0.05) is 44.2 Å². The molecule has 2 heterocycles. The molecule has 0 aliphatic rings. The molecule has 0 aliphatic carbocycles. The van der Waals surface area contributed by atoms with Gasteiger partial charge in [0.2, 0.25) is 0 Å². The number of thiol groups is 1. The fraction of sp³-hybridized carbons (Fsp3) is 0.120. The van der Waals surface area contributed by atoms with Crippen LogP contribution in [0, 0.1) is 10.1 Å². The van der Waals surface area contributed by atoms with E-state index < -0.39 is 5.41 Å². The highest BCUT2D eigenvalue weighted by atomic mass is 32.1. The SMILES string of the molecule is CC(C)(c1cc(-c2cccc(-c3ccccn3)n2)cc([N+](=O)[O-])c1)c1ccccc1S. The maximum absolute atomic E-state index is 11.7. The second-order valence-electron chi connectivity index (χ2n) is 7.79. The number of hydrogen-bond acceptors (Lipinski definition) is 5. The largest absolute Gasteiger partial charge is 0.270 e. The first-order chi connectivity index (χ1) is 14.9. The van der Waals surface area contributed by atoms with Gasteiger partial charge in [-0.3, -0.25) is 15.1 Å². The first-order valence-corrected chi connectivity index (χ1v) is 10.3. The summed E-state index contributed by atoms with van der Waals surface area (Å²) in [6, 6.07) is 24.2. The number of pyridine rings is 2. The highest BCUT2D eigenvalue weighted by Crippen LogP contribution is 2.38. The summed E-state index contributed by atoms with van der Waals surface area (Å²) in [5.74, 6) is 0. The molecule has 154 valence electrons. The first kappa shape index (κ1) is 20.8. The van der Waals surface area contributed by atoms with Crippen LogP contribution in [0.3, 0.4) is 0 Å². The number of hydrogen-bond donors (Lipinski definition) is 1. The van der Waals surface area contributed by atoms with Crippen molar-refractivity contribution in [2.24, 2.45) is 0 Å². The lowest BCUT2D eigenvalue weighted by Gasteiger charge is -2.28. The van der Waals surface area contributed by atoms with Crippen LogP contribution < -0.4 is 0 Å². The topological polar surface area (TPSA) is 68.9 Å². The average Bonchev–Trinajstić information content (AvgIpc) is 2.79. The Bertz CT molecular complexity index is 1260. The van der Waals surface area contributed by atoms with E-state index in [-0.39, 0.29) is 10.6 Å². The van der Waals surface area contributed by atoms with Crippen LogP contribution in [-0.4, -0.2) is 14.9 Å². The van der Waals surface area contributed by atoms with Crippen LogP contribution in [0.1, 0.15) is 25.0 Å². The van der Waals surface area contributed by atoms with E-state index >= 15 is 0 Å². The summed E-state index contributed by atoms with van der Waals surface area (Å²) in [5, 5.41) is 11.7. The van der Waals surface area contributed by atoms with Crippen LogP contribution in [0.15, 0.2) is 90.0 Å². The van der Waals surface area contributed by atoms with Gasteiger partial charge in [0.15, 0.2) is 0 Å². The molecule has 0 spiro atoms. The molecule has 0 amide bonds. The quantitative estimate of drug-likeness (QED) is 0.229. The van der Waals surface area contributed by atoms with E-state index in [2.05, 4.69) is 17.6 Å². The van der Waals surface area contributed by atoms with Gasteiger partial charge >= 0.3 is 0 Å². The van der Waals surface area contributed by atoms with E-state index in [1.807, 2.05) is 80.6 Å². The third kappa shape index (κ3) is 4.20. The summed E-state index contributed by atoms with van der Waals surface area (Å²) < 4.78 is 0. The number of benzene rings is 2. The van der Waals surface area contributed by atoms with Crippen molar-refractivity contribution in [1.82, 2.24) is 9.97 Å². The smallest absolute Gasteiger partial charge is 0.258 e. The molecule has 4 rings (SSSR count). The van der Waals surface area contributed by atoms with Crippen LogP contribution >= 0.6 is 12.6 Å². The second-order valence-corrected chi connectivity index (χ2v) is 8.27. The first-order valence-electron chi connectivity index (χ1n) is 9.83. The minimum absolute atomic E-state index is 0.0299. The molecule has 2 aromatic carbocycles. The van der Waals surface area contributed by atoms with Crippen LogP contribution in [0.5, 0.6) is 0 Å². The van der Waals surface area contributed by atoms with Gasteiger partial charge in [-0.15, -0.1) is 12.6 Å². The van der Waals surface area contributed by atoms with Gasteiger partial charge in [0, 0.05) is 34.2 Å². The highest BCUT2D eigenvalue weighted by molar-refractivity contribution is 7.80. The number of nitro groups is 1. The van der Waals surface area contributed by atoms with Gasteiger partial charge in [-0.2, -0.15) is 0 Å². The molecule has 0 fully saturated rings. The van der Waals surface area contributed by atoms with Crippen LogP contribution in [0.25, 0.3) is 22.6 Å². The number of nitrogens with zero attached hydrogens (tertiary/aromatic N) is 3. The van der Waals surface area contributed by atoms with Crippen molar-refractivity contribution in [3.8, 4) is 22.6 Å². The van der Waals surface area contributed by atoms with E-state index in [1.54, 1.807) is 18.3 Å². The normalized spacial score (nSPS) is 11.3. The monoisotopic (exact) mass is 427 g/mol. The Labute approximate surface area is 186 Å². The minimum atomic E-state index is -0.488. The predicted molar refractivity (Wildman–Crippen MR) is 125 cm³/mol. The molecule has 0 N–H and O–H groups in total. The maximum Gasteiger partial charge on any atom is 0.270 e. The molecule has 6 heteroatoms. The van der Waals surface area contributed by atoms with Crippen molar-refractivity contribution >= 4 is 18.3 Å². The van der Waals surface area contributed by atoms with E-state index in [4.69, 9.17) is 4.98 Å². The molecule has 0 atom stereocenters. The summed E-state index contributed by atoms with van der Waals surface area (Å²) in [4.78, 5) is 21.3. The molecule has 0 saturated carbocycles. The van der Waals surface area contributed by atoms with Crippen LogP contribution in [0.4, 0.5) is 5.69 Å². The zero-order valence-electron chi connectivity index (χ0n) is 17.2. The molecule has 0 radical (unpaired) electrons. The molecule has 0 unspecified atom stereocenters. The molecule has 0 aliphatic heterocycles. The standard InChI is InChI=1S/C25H21N3O2S/c1-25(2,20-8-3-4-12-24(20)31)18-14-17(15-19(16-18)28(29)30)21-10-7-11-23(27-21)22-9-5-6-13-26-22/h3-16,31H,1-2H3. The van der Waals surface area contributed by atoms with Crippen molar-refractivity contribution in [3.05, 3.63) is 106 Å². The number of nitro benzene ring substituents is 1. The van der Waals surface area contributed by atoms with Gasteiger partial charge in [0.05, 0.1) is 22.0 Å². The van der Waals surface area contributed by atoms with E-state index in [0.29, 0.717) is 17.0 Å². The molecule has 2 aromatic heterocycles. The molecule has 4 aromatic rings. The average molecular weight is 428 g/mol. The van der Waals surface area contributed by atoms with Gasteiger partial charge in [0.1, 0.15) is 0 Å². The Hall–Kier alpha value is -3.51. The van der Waals surface area contributed by atoms with E-state index in [9.17, 15) is 10.1 Å². The third-order valence-corrected chi connectivity index (χ3v) is 5.79. The van der Waals surface area contributed by atoms with Crippen molar-refractivity contribution in [2.45, 2.75) is 24.2 Å². The fourth-order valence-corrected chi connectivity index (χ4v) is 4.08. The van der Waals surface area contributed by atoms with E-state index in [1.165, 1.54) is 0 Å². The fourth-order valence-electron chi connectivity index (χ4n) is 3.64. The zero-order valence-corrected chi connectivity index (χ0v) is 18.1. The summed E-state index contributed by atoms with van der Waals surface area (Å²) in [5.41, 5.74) is 4.17. The number of rotatable bonds is 5. The zero-order chi connectivity index (χ0) is 22.0. The molecule has 31 heavy (non-hydrogen) atoms. The van der Waals surface area contributed by atoms with E-state index in [0.717, 1.165) is 21.7 Å². The summed E-state index contributed by atoms with van der Waals surface area (Å²) >= 11 is 4.60. The van der Waals surface area contributed by atoms with Gasteiger partial charge < -0.3 is 0 Å². The molecule has 0 saturated heterocycles. The second kappa shape index (κ2) is 8.32. The lowest BCUT2D eigenvalue weighted by atomic mass is 9.77. The van der Waals surface area contributed by atoms with Gasteiger partial charge in [0.25, 0.3) is 5.69 Å². The Morgan fingerprint density at radius 1 is 0.871 bits per heavy atom. The third-order valence-electron chi connectivity index (χ3n) is 5.40. The molecular weight excluding hydrogens is 406 g/mol. The summed E-state index contributed by atoms with van der Waals surface area (Å²) in [6.07, 6.45) is 1.71.